The topological polar surface area (TPSA) is 99.3 Å². The maximum Gasteiger partial charge on any atom is 0.328 e. The van der Waals surface area contributed by atoms with Crippen molar-refractivity contribution in [3.05, 3.63) is 23.8 Å². The number of rotatable bonds is 7. The van der Waals surface area contributed by atoms with Crippen molar-refractivity contribution in [3.63, 3.8) is 0 Å². The number of imide groups is 1. The number of carbonyl (C=O) groups excluding carboxylic acids is 4. The van der Waals surface area contributed by atoms with Crippen LogP contribution in [-0.4, -0.2) is 73.9 Å². The molecule has 1 aromatic carbocycles. The van der Waals surface area contributed by atoms with E-state index in [1.807, 2.05) is 9.80 Å². The molecule has 0 aliphatic carbocycles. The van der Waals surface area contributed by atoms with Crippen LogP contribution in [0.4, 0.5) is 10.5 Å². The third kappa shape index (κ3) is 5.51. The molecule has 1 N–H and O–H groups in total. The second-order valence-electron chi connectivity index (χ2n) is 9.54. The molecule has 0 bridgehead atoms. The largest absolute Gasteiger partial charge is 0.495 e. The fourth-order valence-electron chi connectivity index (χ4n) is 5.25. The highest BCUT2D eigenvalue weighted by Gasteiger charge is 2.29. The van der Waals surface area contributed by atoms with Gasteiger partial charge in [0.1, 0.15) is 5.75 Å². The number of benzene rings is 1. The zero-order valence-electron chi connectivity index (χ0n) is 19.8. The molecule has 0 spiro atoms. The molecule has 3 saturated heterocycles. The van der Waals surface area contributed by atoms with Gasteiger partial charge in [-0.05, 0) is 55.7 Å². The van der Waals surface area contributed by atoms with Gasteiger partial charge in [-0.3, -0.25) is 24.6 Å². The van der Waals surface area contributed by atoms with Gasteiger partial charge in [-0.2, -0.15) is 0 Å². The van der Waals surface area contributed by atoms with Gasteiger partial charge in [0.15, 0.2) is 0 Å². The van der Waals surface area contributed by atoms with Crippen molar-refractivity contribution >= 4 is 29.9 Å². The predicted molar refractivity (Wildman–Crippen MR) is 127 cm³/mol. The summed E-state index contributed by atoms with van der Waals surface area (Å²) < 4.78 is 5.41. The summed E-state index contributed by atoms with van der Waals surface area (Å²) in [5.74, 6) is 1.47. The standard InChI is InChI=1S/C25H34N4O5/c1-34-22-5-4-20(16-21(22)29-15-10-23(31)26-25(29)33)24(32)28-13-8-19(9-14-28)3-2-18-6-11-27(17-30)12-7-18/h4-5,16-19H,2-3,6-15H2,1H3,(H,26,31,33). The summed E-state index contributed by atoms with van der Waals surface area (Å²) in [6.07, 6.45) is 7.74. The van der Waals surface area contributed by atoms with E-state index in [0.29, 0.717) is 28.8 Å². The van der Waals surface area contributed by atoms with E-state index < -0.39 is 6.03 Å². The molecule has 34 heavy (non-hydrogen) atoms. The molecule has 9 nitrogen and oxygen atoms in total. The van der Waals surface area contributed by atoms with E-state index in [-0.39, 0.29) is 24.8 Å². The van der Waals surface area contributed by atoms with Crippen molar-refractivity contribution in [2.75, 3.05) is 44.7 Å². The van der Waals surface area contributed by atoms with Crippen molar-refractivity contribution in [1.29, 1.82) is 0 Å². The van der Waals surface area contributed by atoms with Gasteiger partial charge in [-0.15, -0.1) is 0 Å². The minimum Gasteiger partial charge on any atom is -0.495 e. The Kier molecular flexibility index (Phi) is 7.70. The molecule has 0 unspecified atom stereocenters. The Morgan fingerprint density at radius 2 is 1.68 bits per heavy atom. The van der Waals surface area contributed by atoms with E-state index in [1.165, 1.54) is 24.9 Å². The number of carbonyl (C=O) groups is 4. The quantitative estimate of drug-likeness (QED) is 0.618. The van der Waals surface area contributed by atoms with E-state index in [0.717, 1.165) is 58.3 Å². The zero-order chi connectivity index (χ0) is 24.1. The van der Waals surface area contributed by atoms with E-state index >= 15 is 0 Å². The summed E-state index contributed by atoms with van der Waals surface area (Å²) in [6.45, 7) is 3.46. The van der Waals surface area contributed by atoms with Gasteiger partial charge in [-0.25, -0.2) is 4.79 Å². The molecule has 4 rings (SSSR count). The molecule has 0 aromatic heterocycles. The van der Waals surface area contributed by atoms with Crippen LogP contribution in [0, 0.1) is 11.8 Å². The van der Waals surface area contributed by atoms with Crippen LogP contribution >= 0.6 is 0 Å². The molecule has 0 radical (unpaired) electrons. The maximum atomic E-state index is 13.2. The summed E-state index contributed by atoms with van der Waals surface area (Å²) in [5, 5.41) is 2.32. The Morgan fingerprint density at radius 3 is 2.26 bits per heavy atom. The Bertz CT molecular complexity index is 920. The second kappa shape index (κ2) is 10.9. The highest BCUT2D eigenvalue weighted by atomic mass is 16.5. The zero-order valence-corrected chi connectivity index (χ0v) is 19.8. The normalized spacial score (nSPS) is 20.3. The van der Waals surface area contributed by atoms with Crippen molar-refractivity contribution < 1.29 is 23.9 Å². The van der Waals surface area contributed by atoms with E-state index in [1.54, 1.807) is 18.2 Å². The van der Waals surface area contributed by atoms with Crippen molar-refractivity contribution in [2.45, 2.75) is 44.9 Å². The molecule has 184 valence electrons. The Balaban J connectivity index is 1.32. The number of hydrogen-bond donors (Lipinski definition) is 1. The third-order valence-electron chi connectivity index (χ3n) is 7.45. The van der Waals surface area contributed by atoms with Crippen LogP contribution in [0.5, 0.6) is 5.75 Å². The number of nitrogens with zero attached hydrogens (tertiary/aromatic N) is 3. The molecule has 3 heterocycles. The number of anilines is 1. The van der Waals surface area contributed by atoms with Gasteiger partial charge < -0.3 is 14.5 Å². The lowest BCUT2D eigenvalue weighted by Gasteiger charge is -2.34. The number of nitrogens with one attached hydrogen (secondary N) is 1. The van der Waals surface area contributed by atoms with Crippen molar-refractivity contribution in [2.24, 2.45) is 11.8 Å². The minimum atomic E-state index is -0.503. The second-order valence-corrected chi connectivity index (χ2v) is 9.54. The van der Waals surface area contributed by atoms with Crippen molar-refractivity contribution in [3.8, 4) is 5.75 Å². The van der Waals surface area contributed by atoms with Crippen LogP contribution in [-0.2, 0) is 9.59 Å². The minimum absolute atomic E-state index is 0.0444. The number of methoxy groups -OCH3 is 1. The molecular weight excluding hydrogens is 436 g/mol. The molecular formula is C25H34N4O5. The number of ether oxygens (including phenoxy) is 1. The number of hydrogen-bond acceptors (Lipinski definition) is 5. The first kappa shape index (κ1) is 24.0. The van der Waals surface area contributed by atoms with Crippen LogP contribution in [0.2, 0.25) is 0 Å². The number of likely N-dealkylation sites (tertiary alicyclic amines) is 2. The van der Waals surface area contributed by atoms with Gasteiger partial charge in [0.25, 0.3) is 5.91 Å². The first-order valence-corrected chi connectivity index (χ1v) is 12.3. The highest BCUT2D eigenvalue weighted by molar-refractivity contribution is 6.07. The van der Waals surface area contributed by atoms with Crippen LogP contribution in [0.25, 0.3) is 0 Å². The smallest absolute Gasteiger partial charge is 0.328 e. The van der Waals surface area contributed by atoms with Gasteiger partial charge in [0.2, 0.25) is 12.3 Å². The van der Waals surface area contributed by atoms with Gasteiger partial charge in [0.05, 0.1) is 12.8 Å². The molecule has 3 fully saturated rings. The molecule has 9 heteroatoms. The Hall–Kier alpha value is -3.10. The van der Waals surface area contributed by atoms with Crippen LogP contribution < -0.4 is 15.0 Å². The van der Waals surface area contributed by atoms with Crippen molar-refractivity contribution in [1.82, 2.24) is 15.1 Å². The number of amides is 5. The lowest BCUT2D eigenvalue weighted by atomic mass is 9.85. The fourth-order valence-corrected chi connectivity index (χ4v) is 5.25. The van der Waals surface area contributed by atoms with Crippen LogP contribution in [0.15, 0.2) is 18.2 Å². The molecule has 0 saturated carbocycles. The average Bonchev–Trinajstić information content (AvgIpc) is 2.87. The molecule has 1 aromatic rings. The van der Waals surface area contributed by atoms with E-state index in [9.17, 15) is 19.2 Å². The predicted octanol–water partition coefficient (Wildman–Crippen LogP) is 2.64. The Labute approximate surface area is 200 Å². The highest BCUT2D eigenvalue weighted by Crippen LogP contribution is 2.32. The molecule has 3 aliphatic rings. The summed E-state index contributed by atoms with van der Waals surface area (Å²) in [6, 6.07) is 4.62. The van der Waals surface area contributed by atoms with Gasteiger partial charge >= 0.3 is 6.03 Å². The van der Waals surface area contributed by atoms with Crippen LogP contribution in [0.1, 0.15) is 55.3 Å². The first-order valence-electron chi connectivity index (χ1n) is 12.3. The lowest BCUT2D eigenvalue weighted by Crippen LogP contribution is -2.49. The summed E-state index contributed by atoms with van der Waals surface area (Å²) in [5.41, 5.74) is 1.01. The van der Waals surface area contributed by atoms with Gasteiger partial charge in [-0.1, -0.05) is 12.8 Å². The number of urea groups is 1. The third-order valence-corrected chi connectivity index (χ3v) is 7.45. The van der Waals surface area contributed by atoms with E-state index in [2.05, 4.69) is 5.32 Å². The van der Waals surface area contributed by atoms with E-state index in [4.69, 9.17) is 4.74 Å². The average molecular weight is 471 g/mol. The maximum absolute atomic E-state index is 13.2. The molecule has 5 amide bonds. The monoisotopic (exact) mass is 470 g/mol. The number of piperidine rings is 2. The molecule has 0 atom stereocenters. The summed E-state index contributed by atoms with van der Waals surface area (Å²) >= 11 is 0. The fraction of sp³-hybridized carbons (Fsp3) is 0.600. The first-order chi connectivity index (χ1) is 16.5. The Morgan fingerprint density at radius 1 is 1.03 bits per heavy atom. The van der Waals surface area contributed by atoms with Crippen LogP contribution in [0.3, 0.4) is 0 Å². The molecule has 3 aliphatic heterocycles. The summed E-state index contributed by atoms with van der Waals surface area (Å²) in [7, 11) is 1.52. The SMILES string of the molecule is COc1ccc(C(=O)N2CCC(CCC3CCN(C=O)CC3)CC2)cc1N1CCC(=O)NC1=O. The summed E-state index contributed by atoms with van der Waals surface area (Å²) in [4.78, 5) is 53.1. The van der Waals surface area contributed by atoms with Gasteiger partial charge in [0, 0.05) is 44.7 Å². The lowest BCUT2D eigenvalue weighted by molar-refractivity contribution is -0.120.